The molecule has 3 heterocycles. The van der Waals surface area contributed by atoms with Gasteiger partial charge >= 0.3 is 23.5 Å². The predicted molar refractivity (Wildman–Crippen MR) is 175 cm³/mol. The van der Waals surface area contributed by atoms with Gasteiger partial charge in [0.15, 0.2) is 0 Å². The molecule has 2 aromatic rings. The molecule has 0 bridgehead atoms. The Labute approximate surface area is 281 Å². The Bertz CT molecular complexity index is 1560. The fourth-order valence-corrected chi connectivity index (χ4v) is 8.74. The first-order valence-electron chi connectivity index (χ1n) is 17.3. The van der Waals surface area contributed by atoms with E-state index in [0.717, 1.165) is 0 Å². The third-order valence-corrected chi connectivity index (χ3v) is 11.0. The van der Waals surface area contributed by atoms with Crippen LogP contribution in [-0.4, -0.2) is 52.4 Å². The van der Waals surface area contributed by atoms with E-state index in [1.807, 2.05) is 41.5 Å². The number of esters is 3. The molecule has 0 unspecified atom stereocenters. The average Bonchev–Trinajstić information content (AvgIpc) is 3.03. The molecule has 1 aliphatic heterocycles. The van der Waals surface area contributed by atoms with Gasteiger partial charge in [-0.25, -0.2) is 4.79 Å². The third-order valence-electron chi connectivity index (χ3n) is 11.0. The summed E-state index contributed by atoms with van der Waals surface area (Å²) in [5.74, 6) is -1.83. The van der Waals surface area contributed by atoms with Crippen LogP contribution in [0.15, 0.2) is 39.8 Å². The zero-order valence-electron chi connectivity index (χ0n) is 28.9. The molecular formula is C37H49NO10. The van der Waals surface area contributed by atoms with Crippen molar-refractivity contribution in [2.45, 2.75) is 123 Å². The lowest BCUT2D eigenvalue weighted by Crippen LogP contribution is -2.71. The molecule has 5 rings (SSSR count). The summed E-state index contributed by atoms with van der Waals surface area (Å²) in [5, 5.41) is 12.3. The fourth-order valence-electron chi connectivity index (χ4n) is 8.74. The van der Waals surface area contributed by atoms with Gasteiger partial charge in [0, 0.05) is 54.6 Å². The summed E-state index contributed by atoms with van der Waals surface area (Å²) in [6.07, 6.45) is 4.13. The van der Waals surface area contributed by atoms with Crippen molar-refractivity contribution in [1.82, 2.24) is 4.98 Å². The van der Waals surface area contributed by atoms with Crippen LogP contribution >= 0.6 is 0 Å². The van der Waals surface area contributed by atoms with E-state index in [1.54, 1.807) is 30.6 Å². The largest absolute Gasteiger partial charge is 0.482 e. The van der Waals surface area contributed by atoms with Crippen molar-refractivity contribution in [3.63, 3.8) is 0 Å². The van der Waals surface area contributed by atoms with Crippen LogP contribution in [0.3, 0.4) is 0 Å². The minimum absolute atomic E-state index is 0.00167. The second-order valence-corrected chi connectivity index (χ2v) is 14.3. The van der Waals surface area contributed by atoms with Crippen LogP contribution in [0.25, 0.3) is 11.3 Å². The normalized spacial score (nSPS) is 32.1. The molecular weight excluding hydrogens is 618 g/mol. The van der Waals surface area contributed by atoms with E-state index in [0.29, 0.717) is 44.1 Å². The van der Waals surface area contributed by atoms with Crippen molar-refractivity contribution >= 4 is 17.9 Å². The maximum atomic E-state index is 13.6. The molecule has 11 heteroatoms. The van der Waals surface area contributed by atoms with Gasteiger partial charge in [0.2, 0.25) is 0 Å². The maximum Gasteiger partial charge on any atom is 0.345 e. The summed E-state index contributed by atoms with van der Waals surface area (Å²) in [6, 6.07) is 5.06. The summed E-state index contributed by atoms with van der Waals surface area (Å²) in [7, 11) is 0. The molecule has 262 valence electrons. The number of pyridine rings is 1. The molecule has 2 aromatic heterocycles. The van der Waals surface area contributed by atoms with Gasteiger partial charge in [0.05, 0.1) is 6.10 Å². The monoisotopic (exact) mass is 667 g/mol. The van der Waals surface area contributed by atoms with Crippen molar-refractivity contribution in [3.8, 4) is 17.1 Å². The Morgan fingerprint density at radius 3 is 2.25 bits per heavy atom. The van der Waals surface area contributed by atoms with E-state index in [9.17, 15) is 24.3 Å². The molecule has 0 aromatic carbocycles. The van der Waals surface area contributed by atoms with Gasteiger partial charge in [-0.1, -0.05) is 34.6 Å². The second kappa shape index (κ2) is 14.0. The van der Waals surface area contributed by atoms with Gasteiger partial charge in [0.1, 0.15) is 41.5 Å². The fraction of sp³-hybridized carbons (Fsp3) is 0.649. The van der Waals surface area contributed by atoms with Gasteiger partial charge in [0.25, 0.3) is 0 Å². The van der Waals surface area contributed by atoms with Crippen molar-refractivity contribution < 1.29 is 42.9 Å². The predicted octanol–water partition coefficient (Wildman–Crippen LogP) is 6.10. The van der Waals surface area contributed by atoms with Gasteiger partial charge < -0.3 is 28.5 Å². The molecule has 3 aliphatic rings. The molecule has 1 N–H and O–H groups in total. The van der Waals surface area contributed by atoms with Crippen molar-refractivity contribution in [2.24, 2.45) is 22.7 Å². The van der Waals surface area contributed by atoms with Crippen molar-refractivity contribution in [3.05, 3.63) is 46.6 Å². The number of fused-ring (bicyclic) bond motifs is 4. The van der Waals surface area contributed by atoms with Crippen LogP contribution < -0.4 is 10.4 Å². The molecule has 48 heavy (non-hydrogen) atoms. The summed E-state index contributed by atoms with van der Waals surface area (Å²) in [4.78, 5) is 56.5. The first kappa shape index (κ1) is 35.6. The SMILES string of the molecule is CCCC(=O)OC[C@@]1(C)[C@@H]2C[C@H](OC(=O)CCC)[C@@]3(C)Oc4cc(-c5cccnc5)oc(=O)c4[C@H](O)[C@@H]3[C@@]2(C)CC[C@@H]1OC(=O)CCC. The molecule has 0 amide bonds. The molecule has 11 nitrogen and oxygen atoms in total. The third kappa shape index (κ3) is 6.37. The van der Waals surface area contributed by atoms with E-state index in [1.165, 1.54) is 0 Å². The standard InChI is InChI=1S/C37H49NO10/c1-7-11-28(39)44-21-36(5)25-19-27(47-30(41)13-9-3)37(6)33(35(25,4)16-15-26(36)46-29(40)12-8-2)32(42)31-24(48-37)18-23(45-34(31)43)22-14-10-17-38-20-22/h10,14,17-18,20,25-27,32-33,42H,7-9,11-13,15-16,19,21H2,1-6H3/t25-,26+,27+,32+,33-,35+,36+,37-/m1/s1. The molecule has 8 atom stereocenters. The molecule has 0 radical (unpaired) electrons. The van der Waals surface area contributed by atoms with Crippen LogP contribution in [-0.2, 0) is 28.6 Å². The smallest absolute Gasteiger partial charge is 0.345 e. The molecule has 0 saturated heterocycles. The summed E-state index contributed by atoms with van der Waals surface area (Å²) < 4.78 is 30.7. The second-order valence-electron chi connectivity index (χ2n) is 14.3. The Morgan fingerprint density at radius 2 is 1.62 bits per heavy atom. The number of aromatic nitrogens is 1. The molecule has 2 aliphatic carbocycles. The first-order chi connectivity index (χ1) is 22.8. The van der Waals surface area contributed by atoms with Crippen LogP contribution in [0.5, 0.6) is 5.75 Å². The van der Waals surface area contributed by atoms with Crippen LogP contribution in [0, 0.1) is 22.7 Å². The van der Waals surface area contributed by atoms with E-state index in [2.05, 4.69) is 4.98 Å². The van der Waals surface area contributed by atoms with Crippen LogP contribution in [0.4, 0.5) is 0 Å². The molecule has 2 saturated carbocycles. The highest BCUT2D eigenvalue weighted by Crippen LogP contribution is 2.67. The van der Waals surface area contributed by atoms with E-state index in [4.69, 9.17) is 23.4 Å². The number of aliphatic hydroxyl groups is 1. The highest BCUT2D eigenvalue weighted by molar-refractivity contribution is 5.70. The highest BCUT2D eigenvalue weighted by atomic mass is 16.6. The van der Waals surface area contributed by atoms with E-state index < -0.39 is 52.3 Å². The lowest BCUT2D eigenvalue weighted by atomic mass is 9.42. The summed E-state index contributed by atoms with van der Waals surface area (Å²) >= 11 is 0. The van der Waals surface area contributed by atoms with Gasteiger partial charge in [-0.15, -0.1) is 0 Å². The minimum atomic E-state index is -1.34. The van der Waals surface area contributed by atoms with Gasteiger partial charge in [-0.05, 0) is 68.9 Å². The molecule has 2 fully saturated rings. The summed E-state index contributed by atoms with van der Waals surface area (Å²) in [6.45, 7) is 11.5. The topological polar surface area (TPSA) is 151 Å². The zero-order valence-corrected chi connectivity index (χ0v) is 28.9. The van der Waals surface area contributed by atoms with Crippen molar-refractivity contribution in [2.75, 3.05) is 6.61 Å². The number of carbonyl (C=O) groups excluding carboxylic acids is 3. The van der Waals surface area contributed by atoms with E-state index >= 15 is 0 Å². The van der Waals surface area contributed by atoms with Crippen molar-refractivity contribution in [1.29, 1.82) is 0 Å². The average molecular weight is 668 g/mol. The van der Waals surface area contributed by atoms with Crippen LogP contribution in [0.2, 0.25) is 0 Å². The first-order valence-corrected chi connectivity index (χ1v) is 17.3. The van der Waals surface area contributed by atoms with E-state index in [-0.39, 0.29) is 60.8 Å². The summed E-state index contributed by atoms with van der Waals surface area (Å²) in [5.41, 5.74) is -3.08. The van der Waals surface area contributed by atoms with Gasteiger partial charge in [-0.3, -0.25) is 19.4 Å². The Balaban J connectivity index is 1.64. The Morgan fingerprint density at radius 1 is 0.979 bits per heavy atom. The van der Waals surface area contributed by atoms with Crippen LogP contribution in [0.1, 0.15) is 111 Å². The number of rotatable bonds is 11. The highest BCUT2D eigenvalue weighted by Gasteiger charge is 2.71. The number of aliphatic hydroxyl groups excluding tert-OH is 1. The quantitative estimate of drug-likeness (QED) is 0.219. The lowest BCUT2D eigenvalue weighted by Gasteiger charge is -2.66. The molecule has 0 spiro atoms. The minimum Gasteiger partial charge on any atom is -0.482 e. The lowest BCUT2D eigenvalue weighted by molar-refractivity contribution is -0.271. The van der Waals surface area contributed by atoms with Gasteiger partial charge in [-0.2, -0.15) is 0 Å². The zero-order chi connectivity index (χ0) is 34.9. The number of nitrogens with zero attached hydrogens (tertiary/aromatic N) is 1. The maximum absolute atomic E-state index is 13.6. The number of ether oxygens (including phenoxy) is 4. The number of hydrogen-bond donors (Lipinski definition) is 1. The Hall–Kier alpha value is -3.73. The number of hydrogen-bond acceptors (Lipinski definition) is 11. The Kier molecular flexibility index (Phi) is 10.4. The number of carbonyl (C=O) groups is 3.